The van der Waals surface area contributed by atoms with Crippen molar-refractivity contribution in [2.24, 2.45) is 0 Å². The molecule has 0 saturated heterocycles. The Morgan fingerprint density at radius 1 is 1.42 bits per heavy atom. The first-order valence-corrected chi connectivity index (χ1v) is 3.55. The molecule has 2 rings (SSSR count). The van der Waals surface area contributed by atoms with Crippen molar-refractivity contribution in [3.8, 4) is 0 Å². The number of aromatic amines is 1. The minimum Gasteiger partial charge on any atom is -0.399 e. The number of nitrogen functional groups attached to an aromatic ring is 1. The molecule has 12 heavy (non-hydrogen) atoms. The van der Waals surface area contributed by atoms with Crippen molar-refractivity contribution in [2.75, 3.05) is 5.73 Å². The van der Waals surface area contributed by atoms with Gasteiger partial charge in [0.05, 0.1) is 6.57 Å². The lowest BCUT2D eigenvalue weighted by molar-refractivity contribution is 1.48. The summed E-state index contributed by atoms with van der Waals surface area (Å²) in [7, 11) is 0. The van der Waals surface area contributed by atoms with Gasteiger partial charge in [-0.3, -0.25) is 0 Å². The van der Waals surface area contributed by atoms with Crippen molar-refractivity contribution >= 4 is 22.3 Å². The Hall–Kier alpha value is -1.95. The molecule has 1 aromatic heterocycles. The van der Waals surface area contributed by atoms with Gasteiger partial charge in [0.15, 0.2) is 0 Å². The van der Waals surface area contributed by atoms with Crippen LogP contribution in [0.3, 0.4) is 0 Å². The van der Waals surface area contributed by atoms with E-state index in [2.05, 4.69) is 9.83 Å². The van der Waals surface area contributed by atoms with Crippen LogP contribution in [0.1, 0.15) is 0 Å². The van der Waals surface area contributed by atoms with Gasteiger partial charge in [0.2, 0.25) is 5.69 Å². The summed E-state index contributed by atoms with van der Waals surface area (Å²) in [5.74, 6) is 0. The Morgan fingerprint density at radius 2 is 2.25 bits per heavy atom. The number of benzene rings is 1. The van der Waals surface area contributed by atoms with Gasteiger partial charge in [-0.15, -0.1) is 0 Å². The number of hydrogen-bond donors (Lipinski definition) is 2. The quantitative estimate of drug-likeness (QED) is 0.447. The molecule has 0 saturated carbocycles. The first-order valence-electron chi connectivity index (χ1n) is 3.55. The van der Waals surface area contributed by atoms with Gasteiger partial charge >= 0.3 is 0 Å². The first kappa shape index (κ1) is 6.74. The topological polar surface area (TPSA) is 46.2 Å². The van der Waals surface area contributed by atoms with Crippen LogP contribution in [0.2, 0.25) is 0 Å². The lowest BCUT2D eigenvalue weighted by Crippen LogP contribution is -1.81. The molecule has 1 heterocycles. The molecule has 0 unspecified atom stereocenters. The highest BCUT2D eigenvalue weighted by molar-refractivity contribution is 5.94. The Morgan fingerprint density at radius 3 is 3.00 bits per heavy atom. The highest BCUT2D eigenvalue weighted by Gasteiger charge is 2.01. The zero-order chi connectivity index (χ0) is 8.55. The minimum absolute atomic E-state index is 0.644. The molecule has 2 aromatic rings. The van der Waals surface area contributed by atoms with E-state index in [-0.39, 0.29) is 0 Å². The zero-order valence-electron chi connectivity index (χ0n) is 6.33. The highest BCUT2D eigenvalue weighted by Crippen LogP contribution is 2.26. The maximum Gasteiger partial charge on any atom is 0.211 e. The molecule has 0 radical (unpaired) electrons. The van der Waals surface area contributed by atoms with E-state index in [1.807, 2.05) is 12.1 Å². The number of H-pyrrole nitrogens is 1. The molecule has 0 aliphatic heterocycles. The van der Waals surface area contributed by atoms with E-state index in [9.17, 15) is 0 Å². The molecular formula is C9H7N3. The van der Waals surface area contributed by atoms with E-state index in [0.717, 1.165) is 10.9 Å². The van der Waals surface area contributed by atoms with E-state index >= 15 is 0 Å². The summed E-state index contributed by atoms with van der Waals surface area (Å²) in [5.41, 5.74) is 7.85. The second kappa shape index (κ2) is 2.28. The number of rotatable bonds is 0. The van der Waals surface area contributed by atoms with E-state index in [0.29, 0.717) is 11.4 Å². The van der Waals surface area contributed by atoms with Crippen molar-refractivity contribution in [1.82, 2.24) is 4.98 Å². The molecule has 1 aromatic carbocycles. The zero-order valence-corrected chi connectivity index (χ0v) is 6.33. The molecule has 0 fully saturated rings. The summed E-state index contributed by atoms with van der Waals surface area (Å²) in [6, 6.07) is 5.48. The van der Waals surface area contributed by atoms with Crippen LogP contribution < -0.4 is 5.73 Å². The van der Waals surface area contributed by atoms with Gasteiger partial charge in [-0.25, -0.2) is 4.85 Å². The highest BCUT2D eigenvalue weighted by atomic mass is 14.8. The average Bonchev–Trinajstić information content (AvgIpc) is 2.46. The summed E-state index contributed by atoms with van der Waals surface area (Å²) >= 11 is 0. The number of aromatic nitrogens is 1. The van der Waals surface area contributed by atoms with E-state index in [1.54, 1.807) is 12.3 Å². The van der Waals surface area contributed by atoms with Crippen molar-refractivity contribution in [2.45, 2.75) is 0 Å². The maximum absolute atomic E-state index is 6.87. The van der Waals surface area contributed by atoms with Crippen LogP contribution in [-0.4, -0.2) is 4.98 Å². The van der Waals surface area contributed by atoms with Gasteiger partial charge in [-0.1, -0.05) is 6.07 Å². The maximum atomic E-state index is 6.87. The fourth-order valence-electron chi connectivity index (χ4n) is 1.22. The van der Waals surface area contributed by atoms with Gasteiger partial charge < -0.3 is 10.7 Å². The van der Waals surface area contributed by atoms with E-state index < -0.39 is 0 Å². The molecule has 0 spiro atoms. The van der Waals surface area contributed by atoms with E-state index in [4.69, 9.17) is 12.3 Å². The summed E-state index contributed by atoms with van der Waals surface area (Å²) in [5, 5.41) is 0.930. The number of nitrogens with two attached hydrogens (primary N) is 1. The largest absolute Gasteiger partial charge is 0.399 e. The molecule has 0 atom stereocenters. The van der Waals surface area contributed by atoms with Crippen LogP contribution in [0.15, 0.2) is 24.4 Å². The molecule has 3 heteroatoms. The van der Waals surface area contributed by atoms with Crippen LogP contribution >= 0.6 is 0 Å². The molecule has 0 aliphatic rings. The third-order valence-corrected chi connectivity index (χ3v) is 1.80. The van der Waals surface area contributed by atoms with Gasteiger partial charge in [-0.05, 0) is 12.1 Å². The van der Waals surface area contributed by atoms with Gasteiger partial charge in [0.1, 0.15) is 0 Å². The number of fused-ring (bicyclic) bond motifs is 1. The molecule has 3 nitrogen and oxygen atoms in total. The van der Waals surface area contributed by atoms with Crippen molar-refractivity contribution in [3.63, 3.8) is 0 Å². The monoisotopic (exact) mass is 157 g/mol. The minimum atomic E-state index is 0.644. The first-order chi connectivity index (χ1) is 5.81. The fraction of sp³-hybridized carbons (Fsp3) is 0. The van der Waals surface area contributed by atoms with Gasteiger partial charge in [0.25, 0.3) is 0 Å². The smallest absolute Gasteiger partial charge is 0.211 e. The van der Waals surface area contributed by atoms with Crippen LogP contribution in [0.4, 0.5) is 11.4 Å². The van der Waals surface area contributed by atoms with Crippen molar-refractivity contribution in [1.29, 1.82) is 0 Å². The Labute approximate surface area is 69.6 Å². The Kier molecular flexibility index (Phi) is 1.28. The predicted molar refractivity (Wildman–Crippen MR) is 49.0 cm³/mol. The summed E-state index contributed by atoms with van der Waals surface area (Å²) in [6.45, 7) is 6.87. The van der Waals surface area contributed by atoms with E-state index in [1.165, 1.54) is 0 Å². The molecule has 3 N–H and O–H groups in total. The lowest BCUT2D eigenvalue weighted by atomic mass is 10.2. The predicted octanol–water partition coefficient (Wildman–Crippen LogP) is 2.30. The number of nitrogens with one attached hydrogen (secondary N) is 1. The summed E-state index contributed by atoms with van der Waals surface area (Å²) < 4.78 is 0. The Balaban J connectivity index is 2.84. The van der Waals surface area contributed by atoms with Crippen LogP contribution in [0.25, 0.3) is 15.7 Å². The third-order valence-electron chi connectivity index (χ3n) is 1.80. The number of anilines is 1. The van der Waals surface area contributed by atoms with Crippen molar-refractivity contribution in [3.05, 3.63) is 35.8 Å². The SMILES string of the molecule is [C-]#[N+]c1c[nH]c2cc(N)ccc12. The average molecular weight is 157 g/mol. The van der Waals surface area contributed by atoms with Crippen LogP contribution in [-0.2, 0) is 0 Å². The molecule has 0 bridgehead atoms. The normalized spacial score (nSPS) is 9.92. The van der Waals surface area contributed by atoms with Crippen LogP contribution in [0, 0.1) is 6.57 Å². The lowest BCUT2D eigenvalue weighted by Gasteiger charge is -1.92. The molecule has 58 valence electrons. The number of hydrogen-bond acceptors (Lipinski definition) is 1. The second-order valence-corrected chi connectivity index (χ2v) is 2.59. The third kappa shape index (κ3) is 0.823. The van der Waals surface area contributed by atoms with Gasteiger partial charge in [-0.2, -0.15) is 0 Å². The number of nitrogens with zero attached hydrogens (tertiary/aromatic N) is 1. The second-order valence-electron chi connectivity index (χ2n) is 2.59. The molecule has 0 amide bonds. The molecular weight excluding hydrogens is 150 g/mol. The molecule has 0 aliphatic carbocycles. The van der Waals surface area contributed by atoms with Crippen molar-refractivity contribution < 1.29 is 0 Å². The Bertz CT molecular complexity index is 462. The van der Waals surface area contributed by atoms with Crippen LogP contribution in [0.5, 0.6) is 0 Å². The summed E-state index contributed by atoms with van der Waals surface area (Å²) in [4.78, 5) is 6.35. The van der Waals surface area contributed by atoms with Gasteiger partial charge in [0, 0.05) is 22.8 Å². The standard InChI is InChI=1S/C9H7N3/c1-11-9-5-12-8-4-6(10)2-3-7(8)9/h2-5,12H,10H2. The fourth-order valence-corrected chi connectivity index (χ4v) is 1.22. The summed E-state index contributed by atoms with van der Waals surface area (Å²) in [6.07, 6.45) is 1.69.